The monoisotopic (exact) mass is 401 g/mol. The van der Waals surface area contributed by atoms with E-state index >= 15 is 0 Å². The first-order valence-corrected chi connectivity index (χ1v) is 10.2. The van der Waals surface area contributed by atoms with E-state index in [2.05, 4.69) is 32.7 Å². The van der Waals surface area contributed by atoms with E-state index in [-0.39, 0.29) is 12.6 Å². The lowest BCUT2D eigenvalue weighted by Crippen LogP contribution is -2.46. The second kappa shape index (κ2) is 9.41. The fourth-order valence-corrected chi connectivity index (χ4v) is 3.69. The molecule has 2 aromatic rings. The van der Waals surface area contributed by atoms with Gasteiger partial charge in [-0.15, -0.1) is 5.10 Å². The van der Waals surface area contributed by atoms with Crippen LogP contribution in [0, 0.1) is 0 Å². The van der Waals surface area contributed by atoms with Crippen LogP contribution >= 0.6 is 11.8 Å². The lowest BCUT2D eigenvalue weighted by atomic mass is 9.95. The van der Waals surface area contributed by atoms with Crippen molar-refractivity contribution in [1.29, 1.82) is 0 Å². The Bertz CT molecular complexity index is 865. The molecule has 3 rings (SSSR count). The van der Waals surface area contributed by atoms with Crippen molar-refractivity contribution in [3.05, 3.63) is 53.0 Å². The van der Waals surface area contributed by atoms with Gasteiger partial charge in [0.2, 0.25) is 5.16 Å². The maximum atomic E-state index is 12.7. The Kier molecular flexibility index (Phi) is 6.70. The zero-order valence-electron chi connectivity index (χ0n) is 15.8. The predicted molar refractivity (Wildman–Crippen MR) is 106 cm³/mol. The molecule has 0 fully saturated rings. The number of benzene rings is 1. The number of esters is 1. The highest BCUT2D eigenvalue weighted by Crippen LogP contribution is 2.30. The van der Waals surface area contributed by atoms with E-state index in [1.165, 1.54) is 11.8 Å². The second-order valence-electron chi connectivity index (χ2n) is 6.16. The number of thioether (sulfide) groups is 1. The van der Waals surface area contributed by atoms with Gasteiger partial charge in [0.15, 0.2) is 0 Å². The van der Waals surface area contributed by atoms with E-state index in [4.69, 9.17) is 4.74 Å². The third kappa shape index (κ3) is 4.72. The number of carbonyl (C=O) groups excluding carboxylic acids is 2. The number of hydrogen-bond donors (Lipinski definition) is 3. The normalized spacial score (nSPS) is 16.5. The van der Waals surface area contributed by atoms with Gasteiger partial charge in [-0.25, -0.2) is 14.6 Å². The lowest BCUT2D eigenvalue weighted by molar-refractivity contribution is -0.139. The summed E-state index contributed by atoms with van der Waals surface area (Å²) in [7, 11) is 0. The van der Waals surface area contributed by atoms with Gasteiger partial charge in [-0.1, -0.05) is 49.0 Å². The number of H-pyrrole nitrogens is 1. The number of urea groups is 1. The molecular weight excluding hydrogens is 378 g/mol. The number of ether oxygens (including phenoxy) is 1. The van der Waals surface area contributed by atoms with Gasteiger partial charge in [-0.3, -0.25) is 5.10 Å². The summed E-state index contributed by atoms with van der Waals surface area (Å²) in [5.74, 6) is 0.705. The minimum Gasteiger partial charge on any atom is -0.463 e. The number of aryl methyl sites for hydroxylation is 1. The molecule has 0 radical (unpaired) electrons. The molecular formula is C19H23N5O3S. The molecule has 0 bridgehead atoms. The molecule has 2 heterocycles. The lowest BCUT2D eigenvalue weighted by Gasteiger charge is -2.29. The average Bonchev–Trinajstić information content (AvgIpc) is 3.14. The minimum absolute atomic E-state index is 0.250. The van der Waals surface area contributed by atoms with Crippen LogP contribution in [0.25, 0.3) is 0 Å². The number of carbonyl (C=O) groups is 2. The Morgan fingerprint density at radius 1 is 1.25 bits per heavy atom. The van der Waals surface area contributed by atoms with Crippen LogP contribution in [-0.2, 0) is 16.0 Å². The van der Waals surface area contributed by atoms with Crippen LogP contribution in [0.15, 0.2) is 46.8 Å². The van der Waals surface area contributed by atoms with Gasteiger partial charge in [0.05, 0.1) is 18.2 Å². The van der Waals surface area contributed by atoms with Crippen LogP contribution in [0.1, 0.15) is 37.7 Å². The summed E-state index contributed by atoms with van der Waals surface area (Å²) in [6.07, 6.45) is 1.79. The number of nitrogens with one attached hydrogen (secondary N) is 3. The molecule has 1 atom stereocenters. The Balaban J connectivity index is 1.89. The summed E-state index contributed by atoms with van der Waals surface area (Å²) in [6.45, 7) is 4.07. The van der Waals surface area contributed by atoms with Crippen molar-refractivity contribution in [2.24, 2.45) is 0 Å². The first-order valence-electron chi connectivity index (χ1n) is 9.19. The fourth-order valence-electron chi connectivity index (χ4n) is 2.90. The Morgan fingerprint density at radius 3 is 2.75 bits per heavy atom. The number of aromatic nitrogens is 3. The van der Waals surface area contributed by atoms with E-state index in [0.29, 0.717) is 22.2 Å². The van der Waals surface area contributed by atoms with E-state index in [1.54, 1.807) is 6.92 Å². The molecule has 8 nitrogen and oxygen atoms in total. The molecule has 0 aliphatic carbocycles. The summed E-state index contributed by atoms with van der Waals surface area (Å²) in [5.41, 5.74) is 1.71. The third-order valence-corrected chi connectivity index (χ3v) is 5.00. The Labute approximate surface area is 167 Å². The molecule has 0 saturated heterocycles. The standard InChI is InChI=1S/C19H23N5O3S/c1-3-8-14-21-19(24-23-14)28-11-13-15(17(25)27-4-2)16(22-18(26)20-13)12-9-6-5-7-10-12/h5-7,9-10,16H,3-4,8,11H2,1-2H3,(H2,20,22,26)(H,21,23,24). The van der Waals surface area contributed by atoms with Crippen LogP contribution in [-0.4, -0.2) is 39.5 Å². The van der Waals surface area contributed by atoms with Crippen molar-refractivity contribution in [1.82, 2.24) is 25.8 Å². The third-order valence-electron chi connectivity index (χ3n) is 4.13. The topological polar surface area (TPSA) is 109 Å². The van der Waals surface area contributed by atoms with Gasteiger partial charge in [-0.05, 0) is 18.9 Å². The molecule has 3 N–H and O–H groups in total. The molecule has 0 saturated carbocycles. The molecule has 1 unspecified atom stereocenters. The molecule has 1 aromatic heterocycles. The van der Waals surface area contributed by atoms with E-state index in [1.807, 2.05) is 30.3 Å². The zero-order chi connectivity index (χ0) is 19.9. The molecule has 1 aliphatic heterocycles. The average molecular weight is 401 g/mol. The number of nitrogens with zero attached hydrogens (tertiary/aromatic N) is 2. The summed E-state index contributed by atoms with van der Waals surface area (Å²) in [6, 6.07) is 8.41. The van der Waals surface area contributed by atoms with Crippen molar-refractivity contribution in [3.63, 3.8) is 0 Å². The van der Waals surface area contributed by atoms with Crippen LogP contribution in [0.5, 0.6) is 0 Å². The van der Waals surface area contributed by atoms with Gasteiger partial charge < -0.3 is 15.4 Å². The van der Waals surface area contributed by atoms with E-state index in [9.17, 15) is 9.59 Å². The minimum atomic E-state index is -0.576. The van der Waals surface area contributed by atoms with Crippen molar-refractivity contribution in [2.75, 3.05) is 12.4 Å². The molecule has 148 valence electrons. The van der Waals surface area contributed by atoms with Crippen LogP contribution in [0.2, 0.25) is 0 Å². The fraction of sp³-hybridized carbons (Fsp3) is 0.368. The van der Waals surface area contributed by atoms with Crippen molar-refractivity contribution < 1.29 is 14.3 Å². The summed E-state index contributed by atoms with van der Waals surface area (Å²) in [4.78, 5) is 29.3. The highest BCUT2D eigenvalue weighted by atomic mass is 32.2. The summed E-state index contributed by atoms with van der Waals surface area (Å²) in [5, 5.41) is 13.2. The second-order valence-corrected chi connectivity index (χ2v) is 7.10. The van der Waals surface area contributed by atoms with Gasteiger partial charge >= 0.3 is 12.0 Å². The highest BCUT2D eigenvalue weighted by Gasteiger charge is 2.33. The number of hydrogen-bond acceptors (Lipinski definition) is 6. The Morgan fingerprint density at radius 2 is 2.04 bits per heavy atom. The zero-order valence-corrected chi connectivity index (χ0v) is 16.6. The predicted octanol–water partition coefficient (Wildman–Crippen LogP) is 2.72. The van der Waals surface area contributed by atoms with Crippen molar-refractivity contribution in [3.8, 4) is 0 Å². The smallest absolute Gasteiger partial charge is 0.338 e. The molecule has 1 aromatic carbocycles. The highest BCUT2D eigenvalue weighted by molar-refractivity contribution is 7.99. The van der Waals surface area contributed by atoms with Crippen molar-refractivity contribution in [2.45, 2.75) is 37.9 Å². The van der Waals surface area contributed by atoms with Gasteiger partial charge in [0.1, 0.15) is 5.82 Å². The van der Waals surface area contributed by atoms with Gasteiger partial charge in [0, 0.05) is 17.9 Å². The summed E-state index contributed by atoms with van der Waals surface area (Å²) >= 11 is 1.35. The molecule has 9 heteroatoms. The molecule has 0 spiro atoms. The first-order chi connectivity index (χ1) is 13.6. The van der Waals surface area contributed by atoms with Crippen LogP contribution < -0.4 is 10.6 Å². The maximum absolute atomic E-state index is 12.7. The number of rotatable bonds is 8. The largest absolute Gasteiger partial charge is 0.463 e. The van der Waals surface area contributed by atoms with Gasteiger partial charge in [0.25, 0.3) is 0 Å². The SMILES string of the molecule is CCCc1nc(SCC2=C(C(=O)OCC)C(c3ccccc3)NC(=O)N2)n[nH]1. The van der Waals surface area contributed by atoms with Crippen molar-refractivity contribution >= 4 is 23.8 Å². The van der Waals surface area contributed by atoms with Crippen LogP contribution in [0.4, 0.5) is 4.79 Å². The Hall–Kier alpha value is -2.81. The molecule has 2 amide bonds. The summed E-state index contributed by atoms with van der Waals surface area (Å²) < 4.78 is 5.25. The maximum Gasteiger partial charge on any atom is 0.338 e. The van der Waals surface area contributed by atoms with Gasteiger partial charge in [-0.2, -0.15) is 0 Å². The van der Waals surface area contributed by atoms with E-state index < -0.39 is 12.0 Å². The van der Waals surface area contributed by atoms with E-state index in [0.717, 1.165) is 24.2 Å². The molecule has 1 aliphatic rings. The van der Waals surface area contributed by atoms with Crippen LogP contribution in [0.3, 0.4) is 0 Å². The quantitative estimate of drug-likeness (QED) is 0.464. The molecule has 28 heavy (non-hydrogen) atoms. The first kappa shape index (κ1) is 19.9. The number of amides is 2. The number of aromatic amines is 1.